The van der Waals surface area contributed by atoms with Gasteiger partial charge in [-0.2, -0.15) is 11.8 Å². The van der Waals surface area contributed by atoms with E-state index < -0.39 is 0 Å². The molecule has 0 bridgehead atoms. The Kier molecular flexibility index (Phi) is 5.36. The Labute approximate surface area is 116 Å². The average molecular weight is 273 g/mol. The van der Waals surface area contributed by atoms with Gasteiger partial charge < -0.3 is 9.47 Å². The normalized spacial score (nSPS) is 30.8. The molecule has 2 fully saturated rings. The predicted molar refractivity (Wildman–Crippen MR) is 77.4 cm³/mol. The fourth-order valence-corrected chi connectivity index (χ4v) is 3.50. The second-order valence-electron chi connectivity index (χ2n) is 6.22. The van der Waals surface area contributed by atoms with Gasteiger partial charge in [-0.25, -0.2) is 0 Å². The maximum absolute atomic E-state index is 5.87. The largest absolute Gasteiger partial charge is 0.375 e. The van der Waals surface area contributed by atoms with E-state index in [1.807, 2.05) is 11.8 Å². The van der Waals surface area contributed by atoms with Crippen LogP contribution in [0, 0.1) is 0 Å². The number of hydrogen-bond donors (Lipinski definition) is 0. The van der Waals surface area contributed by atoms with Crippen LogP contribution in [0.15, 0.2) is 0 Å². The molecule has 2 aliphatic heterocycles. The highest BCUT2D eigenvalue weighted by Gasteiger charge is 2.30. The molecule has 106 valence electrons. The first-order valence-electron chi connectivity index (χ1n) is 7.14. The molecule has 0 amide bonds. The van der Waals surface area contributed by atoms with E-state index in [2.05, 4.69) is 25.7 Å². The fourth-order valence-electron chi connectivity index (χ4n) is 2.54. The zero-order valence-electron chi connectivity index (χ0n) is 12.0. The SMILES string of the molecule is CC(C)(C)SCCN1CCO[C@@H]([C@H]2CCCO2)C1. The quantitative estimate of drug-likeness (QED) is 0.784. The number of nitrogens with zero attached hydrogens (tertiary/aromatic N) is 1. The molecule has 0 aromatic carbocycles. The highest BCUT2D eigenvalue weighted by Crippen LogP contribution is 2.24. The van der Waals surface area contributed by atoms with Crippen LogP contribution >= 0.6 is 11.8 Å². The first-order chi connectivity index (χ1) is 8.54. The molecule has 0 radical (unpaired) electrons. The van der Waals surface area contributed by atoms with E-state index in [1.165, 1.54) is 25.1 Å². The molecule has 2 rings (SSSR count). The van der Waals surface area contributed by atoms with Crippen molar-refractivity contribution in [2.75, 3.05) is 38.6 Å². The van der Waals surface area contributed by atoms with E-state index >= 15 is 0 Å². The lowest BCUT2D eigenvalue weighted by molar-refractivity contribution is -0.0930. The van der Waals surface area contributed by atoms with Gasteiger partial charge in [-0.15, -0.1) is 0 Å². The number of rotatable bonds is 4. The second-order valence-corrected chi connectivity index (χ2v) is 8.14. The van der Waals surface area contributed by atoms with Crippen LogP contribution in [0.5, 0.6) is 0 Å². The number of morpholine rings is 1. The molecule has 2 atom stereocenters. The molecule has 0 aromatic rings. The zero-order chi connectivity index (χ0) is 13.0. The summed E-state index contributed by atoms with van der Waals surface area (Å²) in [5.74, 6) is 1.21. The lowest BCUT2D eigenvalue weighted by Crippen LogP contribution is -2.48. The number of hydrogen-bond acceptors (Lipinski definition) is 4. The minimum Gasteiger partial charge on any atom is -0.375 e. The Morgan fingerprint density at radius 2 is 1.94 bits per heavy atom. The van der Waals surface area contributed by atoms with Gasteiger partial charge in [0.15, 0.2) is 0 Å². The monoisotopic (exact) mass is 273 g/mol. The molecular formula is C14H27NO2S. The number of ether oxygens (including phenoxy) is 2. The van der Waals surface area contributed by atoms with Crippen LogP contribution in [-0.2, 0) is 9.47 Å². The summed E-state index contributed by atoms with van der Waals surface area (Å²) in [6.07, 6.45) is 3.03. The van der Waals surface area contributed by atoms with Gasteiger partial charge in [0.25, 0.3) is 0 Å². The fraction of sp³-hybridized carbons (Fsp3) is 1.00. The van der Waals surface area contributed by atoms with Crippen LogP contribution in [0.25, 0.3) is 0 Å². The molecule has 4 heteroatoms. The van der Waals surface area contributed by atoms with Gasteiger partial charge in [0.05, 0.1) is 18.8 Å². The lowest BCUT2D eigenvalue weighted by Gasteiger charge is -2.35. The summed E-state index contributed by atoms with van der Waals surface area (Å²) >= 11 is 2.05. The van der Waals surface area contributed by atoms with E-state index in [0.717, 1.165) is 26.3 Å². The Bertz CT molecular complexity index is 249. The maximum Gasteiger partial charge on any atom is 0.0963 e. The molecule has 0 aromatic heterocycles. The molecular weight excluding hydrogens is 246 g/mol. The second kappa shape index (κ2) is 6.60. The predicted octanol–water partition coefficient (Wildman–Crippen LogP) is 2.40. The molecule has 2 saturated heterocycles. The molecule has 2 aliphatic rings. The molecule has 0 unspecified atom stereocenters. The van der Waals surface area contributed by atoms with E-state index in [1.54, 1.807) is 0 Å². The van der Waals surface area contributed by atoms with Crippen molar-refractivity contribution in [2.24, 2.45) is 0 Å². The molecule has 0 N–H and O–H groups in total. The van der Waals surface area contributed by atoms with Crippen LogP contribution < -0.4 is 0 Å². The minimum absolute atomic E-state index is 0.306. The highest BCUT2D eigenvalue weighted by atomic mass is 32.2. The molecule has 3 nitrogen and oxygen atoms in total. The van der Waals surface area contributed by atoms with Gasteiger partial charge in [0.1, 0.15) is 0 Å². The molecule has 0 spiro atoms. The van der Waals surface area contributed by atoms with Gasteiger partial charge in [-0.05, 0) is 12.8 Å². The standard InChI is InChI=1S/C14H27NO2S/c1-14(2,3)18-10-7-15-6-9-17-13(11-15)12-5-4-8-16-12/h12-13H,4-11H2,1-3H3/t12-,13-/m1/s1. The van der Waals surface area contributed by atoms with Gasteiger partial charge >= 0.3 is 0 Å². The number of thioether (sulfide) groups is 1. The van der Waals surface area contributed by atoms with Crippen LogP contribution in [-0.4, -0.2) is 60.5 Å². The smallest absolute Gasteiger partial charge is 0.0963 e. The first-order valence-corrected chi connectivity index (χ1v) is 8.13. The molecule has 0 aliphatic carbocycles. The summed E-state index contributed by atoms with van der Waals surface area (Å²) in [7, 11) is 0. The Morgan fingerprint density at radius 1 is 1.17 bits per heavy atom. The summed E-state index contributed by atoms with van der Waals surface area (Å²) in [6.45, 7) is 11.9. The Hall–Kier alpha value is 0.230. The topological polar surface area (TPSA) is 21.7 Å². The molecule has 0 saturated carbocycles. The summed E-state index contributed by atoms with van der Waals surface area (Å²) in [4.78, 5) is 2.54. The van der Waals surface area contributed by atoms with Gasteiger partial charge in [0.2, 0.25) is 0 Å². The average Bonchev–Trinajstić information content (AvgIpc) is 2.81. The first kappa shape index (κ1) is 14.6. The van der Waals surface area contributed by atoms with E-state index in [-0.39, 0.29) is 0 Å². The van der Waals surface area contributed by atoms with Crippen LogP contribution in [0.2, 0.25) is 0 Å². The highest BCUT2D eigenvalue weighted by molar-refractivity contribution is 8.00. The van der Waals surface area contributed by atoms with Crippen molar-refractivity contribution < 1.29 is 9.47 Å². The van der Waals surface area contributed by atoms with Crippen molar-refractivity contribution in [3.05, 3.63) is 0 Å². The third-order valence-corrected chi connectivity index (χ3v) is 4.75. The van der Waals surface area contributed by atoms with Gasteiger partial charge in [0, 0.05) is 36.7 Å². The van der Waals surface area contributed by atoms with Crippen LogP contribution in [0.4, 0.5) is 0 Å². The third-order valence-electron chi connectivity index (χ3n) is 3.50. The van der Waals surface area contributed by atoms with Gasteiger partial charge in [-0.3, -0.25) is 4.90 Å². The Morgan fingerprint density at radius 3 is 2.61 bits per heavy atom. The van der Waals surface area contributed by atoms with Crippen LogP contribution in [0.3, 0.4) is 0 Å². The van der Waals surface area contributed by atoms with E-state index in [9.17, 15) is 0 Å². The minimum atomic E-state index is 0.306. The van der Waals surface area contributed by atoms with Crippen LogP contribution in [0.1, 0.15) is 33.6 Å². The van der Waals surface area contributed by atoms with Gasteiger partial charge in [-0.1, -0.05) is 20.8 Å². The zero-order valence-corrected chi connectivity index (χ0v) is 12.8. The molecule has 18 heavy (non-hydrogen) atoms. The van der Waals surface area contributed by atoms with Crippen molar-refractivity contribution in [1.82, 2.24) is 4.90 Å². The van der Waals surface area contributed by atoms with Crippen molar-refractivity contribution in [3.63, 3.8) is 0 Å². The van der Waals surface area contributed by atoms with E-state index in [4.69, 9.17) is 9.47 Å². The summed E-state index contributed by atoms with van der Waals surface area (Å²) < 4.78 is 12.0. The summed E-state index contributed by atoms with van der Waals surface area (Å²) in [6, 6.07) is 0. The lowest BCUT2D eigenvalue weighted by atomic mass is 10.1. The summed E-state index contributed by atoms with van der Waals surface area (Å²) in [5, 5.41) is 0. The van der Waals surface area contributed by atoms with Crippen molar-refractivity contribution >= 4 is 11.8 Å². The van der Waals surface area contributed by atoms with Crippen molar-refractivity contribution in [3.8, 4) is 0 Å². The maximum atomic E-state index is 5.87. The van der Waals surface area contributed by atoms with Crippen molar-refractivity contribution in [1.29, 1.82) is 0 Å². The van der Waals surface area contributed by atoms with E-state index in [0.29, 0.717) is 17.0 Å². The molecule has 2 heterocycles. The summed E-state index contributed by atoms with van der Waals surface area (Å²) in [5.41, 5.74) is 0. The van der Waals surface area contributed by atoms with Crippen molar-refractivity contribution in [2.45, 2.75) is 50.6 Å². The Balaban J connectivity index is 1.69. The third kappa shape index (κ3) is 4.72.